The number of aromatic nitrogens is 6. The van der Waals surface area contributed by atoms with Crippen LogP contribution in [-0.2, 0) is 21.1 Å². The summed E-state index contributed by atoms with van der Waals surface area (Å²) in [6, 6.07) is 0. The Hall–Kier alpha value is -4.60. The van der Waals surface area contributed by atoms with Gasteiger partial charge in [0.15, 0.2) is 11.6 Å². The van der Waals surface area contributed by atoms with Gasteiger partial charge < -0.3 is 44.7 Å². The molecule has 35 heavy (non-hydrogen) atoms. The molecule has 0 aliphatic rings. The highest BCUT2D eigenvalue weighted by Gasteiger charge is 2.25. The first kappa shape index (κ1) is 25.0. The van der Waals surface area contributed by atoms with E-state index in [2.05, 4.69) is 30.9 Å². The fourth-order valence-corrected chi connectivity index (χ4v) is 3.04. The molecule has 0 saturated heterocycles. The number of likely N-dealkylation sites (N-methyl/N-ethyl adjacent to an activating group) is 1. The van der Waals surface area contributed by atoms with Crippen molar-refractivity contribution in [3.05, 3.63) is 46.2 Å². The largest absolute Gasteiger partial charge is 0.382 e. The molecule has 186 valence electrons. The van der Waals surface area contributed by atoms with Crippen LogP contribution in [-0.4, -0.2) is 83.4 Å². The molecule has 0 aromatic carbocycles. The lowest BCUT2D eigenvalue weighted by atomic mass is 10.5. The number of nitrogens with zero attached hydrogens (tertiary/aromatic N) is 8. The van der Waals surface area contributed by atoms with E-state index in [0.717, 1.165) is 6.20 Å². The van der Waals surface area contributed by atoms with Crippen molar-refractivity contribution in [2.24, 2.45) is 21.1 Å². The van der Waals surface area contributed by atoms with Crippen LogP contribution in [0, 0.1) is 10.1 Å². The lowest BCUT2D eigenvalue weighted by Crippen LogP contribution is -2.32. The summed E-state index contributed by atoms with van der Waals surface area (Å²) >= 11 is 0. The molecule has 0 bridgehead atoms. The van der Waals surface area contributed by atoms with Crippen LogP contribution in [0.1, 0.15) is 31.9 Å². The van der Waals surface area contributed by atoms with Crippen molar-refractivity contribution in [3.8, 4) is 0 Å². The number of carbonyl (C=O) groups excluding carboxylic acids is 3. The van der Waals surface area contributed by atoms with Crippen LogP contribution >= 0.6 is 0 Å². The SMILES string of the molecule is CN(C)CCNC(=O)c1nc(NC(=O)c2nc(NC(=O)c3nc([N+](=O)[O-])cn3C)cn2C)cn1C. The molecule has 3 rings (SSSR count). The lowest BCUT2D eigenvalue weighted by Gasteiger charge is -2.09. The summed E-state index contributed by atoms with van der Waals surface area (Å²) in [7, 11) is 8.39. The second kappa shape index (κ2) is 10.1. The summed E-state index contributed by atoms with van der Waals surface area (Å²) in [5.74, 6) is -2.16. The Balaban J connectivity index is 1.67. The van der Waals surface area contributed by atoms with Gasteiger partial charge in [0.05, 0.1) is 0 Å². The van der Waals surface area contributed by atoms with Crippen molar-refractivity contribution in [2.45, 2.75) is 0 Å². The first-order valence-corrected chi connectivity index (χ1v) is 10.3. The fourth-order valence-electron chi connectivity index (χ4n) is 3.04. The van der Waals surface area contributed by atoms with Gasteiger partial charge in [0.25, 0.3) is 11.8 Å². The Morgan fingerprint density at radius 3 is 1.77 bits per heavy atom. The molecule has 3 heterocycles. The summed E-state index contributed by atoms with van der Waals surface area (Å²) in [5, 5.41) is 18.6. The summed E-state index contributed by atoms with van der Waals surface area (Å²) in [4.78, 5) is 61.5. The number of imidazole rings is 3. The predicted molar refractivity (Wildman–Crippen MR) is 123 cm³/mol. The molecule has 0 aliphatic carbocycles. The molecule has 0 unspecified atom stereocenters. The van der Waals surface area contributed by atoms with Gasteiger partial charge in [-0.1, -0.05) is 0 Å². The minimum absolute atomic E-state index is 0.0373. The molecule has 0 atom stereocenters. The van der Waals surface area contributed by atoms with Gasteiger partial charge in [0.1, 0.15) is 6.20 Å². The van der Waals surface area contributed by atoms with Crippen molar-refractivity contribution in [1.82, 2.24) is 38.9 Å². The van der Waals surface area contributed by atoms with Gasteiger partial charge in [0, 0.05) is 46.6 Å². The number of nitro groups is 1. The molecule has 3 aromatic heterocycles. The van der Waals surface area contributed by atoms with E-state index in [0.29, 0.717) is 13.1 Å². The van der Waals surface area contributed by atoms with E-state index >= 15 is 0 Å². The lowest BCUT2D eigenvalue weighted by molar-refractivity contribution is -0.389. The maximum Gasteiger partial charge on any atom is 0.382 e. The Morgan fingerprint density at radius 1 is 0.857 bits per heavy atom. The van der Waals surface area contributed by atoms with E-state index in [1.165, 1.54) is 33.1 Å². The second-order valence-corrected chi connectivity index (χ2v) is 7.88. The monoisotopic (exact) mass is 487 g/mol. The van der Waals surface area contributed by atoms with Crippen LogP contribution in [0.15, 0.2) is 18.6 Å². The molecule has 16 nitrogen and oxygen atoms in total. The molecular formula is C19H25N11O5. The van der Waals surface area contributed by atoms with Gasteiger partial charge in [-0.3, -0.25) is 14.4 Å². The highest BCUT2D eigenvalue weighted by atomic mass is 16.6. The Bertz CT molecular complexity index is 1290. The summed E-state index contributed by atoms with van der Waals surface area (Å²) in [5.41, 5.74) is 0. The van der Waals surface area contributed by atoms with Crippen molar-refractivity contribution in [1.29, 1.82) is 0 Å². The normalized spacial score (nSPS) is 10.9. The Morgan fingerprint density at radius 2 is 1.31 bits per heavy atom. The van der Waals surface area contributed by atoms with Crippen molar-refractivity contribution >= 4 is 35.2 Å². The van der Waals surface area contributed by atoms with Gasteiger partial charge >= 0.3 is 17.5 Å². The molecule has 0 saturated carbocycles. The van der Waals surface area contributed by atoms with Crippen LogP contribution in [0.5, 0.6) is 0 Å². The van der Waals surface area contributed by atoms with E-state index in [1.807, 2.05) is 19.0 Å². The Labute approximate surface area is 199 Å². The van der Waals surface area contributed by atoms with Crippen LogP contribution in [0.2, 0.25) is 0 Å². The van der Waals surface area contributed by atoms with Crippen LogP contribution in [0.3, 0.4) is 0 Å². The smallest absolute Gasteiger partial charge is 0.358 e. The zero-order valence-electron chi connectivity index (χ0n) is 19.8. The summed E-state index contributed by atoms with van der Waals surface area (Å²) in [6.45, 7) is 1.10. The molecule has 16 heteroatoms. The van der Waals surface area contributed by atoms with Gasteiger partial charge in [-0.05, 0) is 24.0 Å². The zero-order valence-corrected chi connectivity index (χ0v) is 19.8. The maximum atomic E-state index is 12.7. The molecule has 0 spiro atoms. The van der Waals surface area contributed by atoms with E-state index in [-0.39, 0.29) is 35.0 Å². The minimum Gasteiger partial charge on any atom is -0.358 e. The number of anilines is 2. The van der Waals surface area contributed by atoms with Gasteiger partial charge in [-0.15, -0.1) is 0 Å². The van der Waals surface area contributed by atoms with Gasteiger partial charge in [-0.25, -0.2) is 9.97 Å². The predicted octanol–water partition coefficient (Wildman–Crippen LogP) is -0.409. The number of carbonyl (C=O) groups is 3. The highest BCUT2D eigenvalue weighted by Crippen LogP contribution is 2.14. The quantitative estimate of drug-likeness (QED) is 0.266. The van der Waals surface area contributed by atoms with E-state index < -0.39 is 22.6 Å². The van der Waals surface area contributed by atoms with E-state index in [9.17, 15) is 24.5 Å². The zero-order chi connectivity index (χ0) is 25.9. The first-order chi connectivity index (χ1) is 16.5. The molecular weight excluding hydrogens is 462 g/mol. The third-order valence-electron chi connectivity index (χ3n) is 4.74. The first-order valence-electron chi connectivity index (χ1n) is 10.3. The standard InChI is InChI=1S/C19H25N11O5/c1-26(2)7-6-20-17(31)14-21-11(8-27(14)3)23-18(32)15-22-12(9-28(15)4)24-19(33)16-25-13(30(34)35)10-29(16)5/h8-10H,6-7H2,1-5H3,(H,20,31)(H,23,32)(H,24,33). The summed E-state index contributed by atoms with van der Waals surface area (Å²) in [6.07, 6.45) is 3.99. The van der Waals surface area contributed by atoms with Gasteiger partial charge in [0.2, 0.25) is 11.6 Å². The van der Waals surface area contributed by atoms with Crippen LogP contribution < -0.4 is 16.0 Å². The molecule has 3 aromatic rings. The van der Waals surface area contributed by atoms with Crippen molar-refractivity contribution < 1.29 is 19.3 Å². The number of aryl methyl sites for hydroxylation is 3. The molecule has 3 amide bonds. The Kier molecular flexibility index (Phi) is 7.24. The third-order valence-corrected chi connectivity index (χ3v) is 4.74. The average Bonchev–Trinajstić information content (AvgIpc) is 3.44. The topological polar surface area (TPSA) is 187 Å². The van der Waals surface area contributed by atoms with E-state index in [4.69, 9.17) is 0 Å². The summed E-state index contributed by atoms with van der Waals surface area (Å²) < 4.78 is 4.07. The second-order valence-electron chi connectivity index (χ2n) is 7.88. The molecule has 0 radical (unpaired) electrons. The minimum atomic E-state index is -0.736. The number of hydrogen-bond donors (Lipinski definition) is 3. The maximum absolute atomic E-state index is 12.7. The van der Waals surface area contributed by atoms with Crippen molar-refractivity contribution in [2.75, 3.05) is 37.8 Å². The molecule has 0 aliphatic heterocycles. The highest BCUT2D eigenvalue weighted by molar-refractivity contribution is 6.04. The number of hydrogen-bond acceptors (Lipinski definition) is 9. The van der Waals surface area contributed by atoms with Gasteiger partial charge in [-0.2, -0.15) is 0 Å². The van der Waals surface area contributed by atoms with E-state index in [1.54, 1.807) is 14.1 Å². The number of amides is 3. The van der Waals surface area contributed by atoms with Crippen LogP contribution in [0.4, 0.5) is 17.5 Å². The van der Waals surface area contributed by atoms with Crippen LogP contribution in [0.25, 0.3) is 0 Å². The number of nitrogens with one attached hydrogen (secondary N) is 3. The molecule has 0 fully saturated rings. The molecule has 3 N–H and O–H groups in total. The number of rotatable bonds is 9. The average molecular weight is 487 g/mol. The third kappa shape index (κ3) is 5.85. The van der Waals surface area contributed by atoms with Crippen molar-refractivity contribution in [3.63, 3.8) is 0 Å². The fraction of sp³-hybridized carbons (Fsp3) is 0.368.